The van der Waals surface area contributed by atoms with Crippen molar-refractivity contribution in [3.05, 3.63) is 34.9 Å². The van der Waals surface area contributed by atoms with E-state index in [0.29, 0.717) is 6.42 Å². The van der Waals surface area contributed by atoms with Crippen molar-refractivity contribution in [1.29, 1.82) is 0 Å². The van der Waals surface area contributed by atoms with Crippen LogP contribution in [0.5, 0.6) is 0 Å². The van der Waals surface area contributed by atoms with Crippen LogP contribution in [0.15, 0.2) is 34.9 Å². The number of ether oxygens (including phenoxy) is 1. The largest absolute Gasteiger partial charge is 0.463 e. The van der Waals surface area contributed by atoms with Crippen molar-refractivity contribution in [1.82, 2.24) is 0 Å². The van der Waals surface area contributed by atoms with E-state index in [-0.39, 0.29) is 17.9 Å². The molecule has 0 saturated carbocycles. The molecule has 0 spiro atoms. The molecule has 1 unspecified atom stereocenters. The fourth-order valence-corrected chi connectivity index (χ4v) is 2.27. The smallest absolute Gasteiger partial charge is 0.302 e. The minimum absolute atomic E-state index is 0.0280. The molecule has 0 aromatic carbocycles. The van der Waals surface area contributed by atoms with Gasteiger partial charge in [0.15, 0.2) is 5.78 Å². The standard InChI is InChI=1S/C20H32O3/c1-15(2)13-20(22)14-17(4)11-7-9-16(3)10-8-12-18(5)23-19(6)21/h10-11,13,18H,7-9,12,14H2,1-6H3/b16-10+,17-11+. The number of hydrogen-bond donors (Lipinski definition) is 0. The first kappa shape index (κ1) is 21.4. The molecule has 0 bridgehead atoms. The highest BCUT2D eigenvalue weighted by atomic mass is 16.5. The Morgan fingerprint density at radius 2 is 1.57 bits per heavy atom. The summed E-state index contributed by atoms with van der Waals surface area (Å²) in [7, 11) is 0. The van der Waals surface area contributed by atoms with Gasteiger partial charge in [-0.15, -0.1) is 0 Å². The van der Waals surface area contributed by atoms with Gasteiger partial charge in [-0.2, -0.15) is 0 Å². The predicted molar refractivity (Wildman–Crippen MR) is 96.3 cm³/mol. The van der Waals surface area contributed by atoms with Crippen LogP contribution in [0.3, 0.4) is 0 Å². The first-order chi connectivity index (χ1) is 10.7. The van der Waals surface area contributed by atoms with Gasteiger partial charge < -0.3 is 4.74 Å². The van der Waals surface area contributed by atoms with Crippen LogP contribution in [0, 0.1) is 0 Å². The van der Waals surface area contributed by atoms with Crippen LogP contribution < -0.4 is 0 Å². The lowest BCUT2D eigenvalue weighted by atomic mass is 10.0. The van der Waals surface area contributed by atoms with E-state index in [1.165, 1.54) is 12.5 Å². The zero-order valence-corrected chi connectivity index (χ0v) is 15.6. The van der Waals surface area contributed by atoms with Crippen LogP contribution >= 0.6 is 0 Å². The van der Waals surface area contributed by atoms with Gasteiger partial charge in [-0.25, -0.2) is 0 Å². The Kier molecular flexibility index (Phi) is 11.0. The lowest BCUT2D eigenvalue weighted by molar-refractivity contribution is -0.145. The van der Waals surface area contributed by atoms with Gasteiger partial charge >= 0.3 is 5.97 Å². The highest BCUT2D eigenvalue weighted by molar-refractivity contribution is 5.91. The van der Waals surface area contributed by atoms with Gasteiger partial charge in [0.05, 0.1) is 6.10 Å². The molecular weight excluding hydrogens is 288 g/mol. The number of rotatable bonds is 10. The number of carbonyl (C=O) groups excluding carboxylic acids is 2. The maximum atomic E-state index is 11.7. The fraction of sp³-hybridized carbons (Fsp3) is 0.600. The van der Waals surface area contributed by atoms with E-state index in [2.05, 4.69) is 19.1 Å². The van der Waals surface area contributed by atoms with E-state index in [9.17, 15) is 9.59 Å². The molecule has 0 aromatic heterocycles. The maximum absolute atomic E-state index is 11.7. The van der Waals surface area contributed by atoms with Gasteiger partial charge in [-0.1, -0.05) is 28.9 Å². The van der Waals surface area contributed by atoms with Crippen LogP contribution in [0.4, 0.5) is 0 Å². The molecule has 0 N–H and O–H groups in total. The molecule has 0 saturated heterocycles. The van der Waals surface area contributed by atoms with Crippen LogP contribution in [-0.4, -0.2) is 17.9 Å². The number of esters is 1. The third-order valence-electron chi connectivity index (χ3n) is 3.37. The molecule has 0 heterocycles. The summed E-state index contributed by atoms with van der Waals surface area (Å²) in [4.78, 5) is 22.5. The van der Waals surface area contributed by atoms with Crippen molar-refractivity contribution >= 4 is 11.8 Å². The molecule has 130 valence electrons. The Hall–Kier alpha value is -1.64. The van der Waals surface area contributed by atoms with Crippen molar-refractivity contribution in [2.45, 2.75) is 79.8 Å². The molecule has 0 fully saturated rings. The topological polar surface area (TPSA) is 43.4 Å². The van der Waals surface area contributed by atoms with Gasteiger partial charge in [-0.05, 0) is 66.4 Å². The Morgan fingerprint density at radius 3 is 2.13 bits per heavy atom. The van der Waals surface area contributed by atoms with Crippen molar-refractivity contribution in [2.75, 3.05) is 0 Å². The van der Waals surface area contributed by atoms with Crippen LogP contribution in [0.2, 0.25) is 0 Å². The molecule has 0 radical (unpaired) electrons. The molecule has 0 aliphatic heterocycles. The average molecular weight is 320 g/mol. The first-order valence-electron chi connectivity index (χ1n) is 8.37. The Balaban J connectivity index is 4.08. The lowest BCUT2D eigenvalue weighted by Gasteiger charge is -2.10. The number of carbonyl (C=O) groups is 2. The van der Waals surface area contributed by atoms with E-state index in [4.69, 9.17) is 4.74 Å². The second-order valence-electron chi connectivity index (χ2n) is 6.50. The predicted octanol–water partition coefficient (Wildman–Crippen LogP) is 5.32. The van der Waals surface area contributed by atoms with E-state index < -0.39 is 0 Å². The second kappa shape index (κ2) is 11.9. The Bertz CT molecular complexity index is 477. The minimum Gasteiger partial charge on any atom is -0.463 e. The summed E-state index contributed by atoms with van der Waals surface area (Å²) in [5, 5.41) is 0. The summed E-state index contributed by atoms with van der Waals surface area (Å²) in [5.41, 5.74) is 3.51. The minimum atomic E-state index is -0.221. The van der Waals surface area contributed by atoms with Gasteiger partial charge in [0.2, 0.25) is 0 Å². The average Bonchev–Trinajstić information content (AvgIpc) is 2.36. The van der Waals surface area contributed by atoms with E-state index in [1.54, 1.807) is 6.08 Å². The van der Waals surface area contributed by atoms with Crippen LogP contribution in [0.25, 0.3) is 0 Å². The number of ketones is 1. The molecule has 3 heteroatoms. The Labute approximate surface area is 141 Å². The second-order valence-corrected chi connectivity index (χ2v) is 6.50. The van der Waals surface area contributed by atoms with Gasteiger partial charge in [0, 0.05) is 13.3 Å². The fourth-order valence-electron chi connectivity index (χ4n) is 2.27. The zero-order valence-electron chi connectivity index (χ0n) is 15.6. The summed E-state index contributed by atoms with van der Waals surface area (Å²) in [6, 6.07) is 0. The summed E-state index contributed by atoms with van der Waals surface area (Å²) >= 11 is 0. The monoisotopic (exact) mass is 320 g/mol. The summed E-state index contributed by atoms with van der Waals surface area (Å²) in [5.74, 6) is -0.0491. The molecule has 0 aliphatic carbocycles. The molecule has 23 heavy (non-hydrogen) atoms. The van der Waals surface area contributed by atoms with E-state index in [0.717, 1.165) is 36.8 Å². The molecule has 0 amide bonds. The van der Waals surface area contributed by atoms with Crippen molar-refractivity contribution in [2.24, 2.45) is 0 Å². The van der Waals surface area contributed by atoms with E-state index in [1.807, 2.05) is 27.7 Å². The third kappa shape index (κ3) is 13.7. The highest BCUT2D eigenvalue weighted by Gasteiger charge is 2.03. The molecule has 0 aromatic rings. The molecule has 3 nitrogen and oxygen atoms in total. The summed E-state index contributed by atoms with van der Waals surface area (Å²) < 4.78 is 5.09. The van der Waals surface area contributed by atoms with E-state index >= 15 is 0 Å². The summed E-state index contributed by atoms with van der Waals surface area (Å²) in [6.07, 6.45) is 10.3. The number of hydrogen-bond acceptors (Lipinski definition) is 3. The quantitative estimate of drug-likeness (QED) is 0.311. The zero-order chi connectivity index (χ0) is 17.8. The van der Waals surface area contributed by atoms with Crippen molar-refractivity contribution < 1.29 is 14.3 Å². The SMILES string of the molecule is CC(=O)OC(C)CC/C=C(\C)CC/C=C(\C)CC(=O)C=C(C)C. The third-order valence-corrected chi connectivity index (χ3v) is 3.37. The lowest BCUT2D eigenvalue weighted by Crippen LogP contribution is -2.11. The van der Waals surface area contributed by atoms with Crippen molar-refractivity contribution in [3.63, 3.8) is 0 Å². The molecule has 0 aliphatic rings. The highest BCUT2D eigenvalue weighted by Crippen LogP contribution is 2.12. The molecule has 0 rings (SSSR count). The maximum Gasteiger partial charge on any atom is 0.302 e. The molecule has 1 atom stereocenters. The van der Waals surface area contributed by atoms with Gasteiger partial charge in [-0.3, -0.25) is 9.59 Å². The van der Waals surface area contributed by atoms with Crippen LogP contribution in [-0.2, 0) is 14.3 Å². The summed E-state index contributed by atoms with van der Waals surface area (Å²) in [6.45, 7) is 11.4. The Morgan fingerprint density at radius 1 is 0.957 bits per heavy atom. The normalized spacial score (nSPS) is 13.5. The van der Waals surface area contributed by atoms with Crippen LogP contribution in [0.1, 0.15) is 73.6 Å². The van der Waals surface area contributed by atoms with Gasteiger partial charge in [0.1, 0.15) is 0 Å². The van der Waals surface area contributed by atoms with Gasteiger partial charge in [0.25, 0.3) is 0 Å². The first-order valence-corrected chi connectivity index (χ1v) is 8.37. The number of allylic oxidation sites excluding steroid dienone is 6. The van der Waals surface area contributed by atoms with Crippen molar-refractivity contribution in [3.8, 4) is 0 Å². The molecular formula is C20H32O3.